The molecule has 2 aromatic rings. The van der Waals surface area contributed by atoms with Crippen LogP contribution < -0.4 is 16.0 Å². The van der Waals surface area contributed by atoms with Gasteiger partial charge in [-0.1, -0.05) is 26.0 Å². The summed E-state index contributed by atoms with van der Waals surface area (Å²) in [5.74, 6) is 1.85. The van der Waals surface area contributed by atoms with Crippen molar-refractivity contribution in [3.8, 4) is 0 Å². The Morgan fingerprint density at radius 1 is 1.23 bits per heavy atom. The molecule has 1 aromatic carbocycles. The molecular formula is C23H34N4O3. The number of benzene rings is 1. The van der Waals surface area contributed by atoms with E-state index in [1.54, 1.807) is 13.0 Å². The second kappa shape index (κ2) is 10.8. The lowest BCUT2D eigenvalue weighted by molar-refractivity contribution is -0.119. The molecule has 0 aliphatic carbocycles. The predicted molar refractivity (Wildman–Crippen MR) is 120 cm³/mol. The fraction of sp³-hybridized carbons (Fsp3) is 0.478. The topological polar surface area (TPSA) is 98.9 Å². The molecular weight excluding hydrogens is 380 g/mol. The number of furan rings is 1. The highest BCUT2D eigenvalue weighted by Crippen LogP contribution is 2.22. The molecule has 0 radical (unpaired) electrons. The average Bonchev–Trinajstić information content (AvgIpc) is 3.17. The first kappa shape index (κ1) is 23.5. The molecule has 2 unspecified atom stereocenters. The first-order valence-electron chi connectivity index (χ1n) is 10.5. The normalized spacial score (nSPS) is 14.7. The lowest BCUT2D eigenvalue weighted by atomic mass is 10.0. The van der Waals surface area contributed by atoms with Gasteiger partial charge >= 0.3 is 0 Å². The van der Waals surface area contributed by atoms with E-state index >= 15 is 0 Å². The van der Waals surface area contributed by atoms with Gasteiger partial charge in [-0.05, 0) is 57.0 Å². The van der Waals surface area contributed by atoms with Crippen LogP contribution in [0.2, 0.25) is 0 Å². The zero-order chi connectivity index (χ0) is 22.1. The van der Waals surface area contributed by atoms with Crippen molar-refractivity contribution >= 4 is 17.6 Å². The fourth-order valence-electron chi connectivity index (χ4n) is 2.78. The summed E-state index contributed by atoms with van der Waals surface area (Å²) in [5.41, 5.74) is 0.578. The van der Waals surface area contributed by atoms with Crippen LogP contribution in [-0.4, -0.2) is 30.1 Å². The van der Waals surface area contributed by atoms with Crippen LogP contribution >= 0.6 is 0 Å². The number of guanidine groups is 1. The first-order chi connectivity index (χ1) is 14.2. The molecule has 2 rings (SSSR count). The van der Waals surface area contributed by atoms with Crippen LogP contribution in [0.1, 0.15) is 51.2 Å². The summed E-state index contributed by atoms with van der Waals surface area (Å²) in [7, 11) is 0. The van der Waals surface area contributed by atoms with Gasteiger partial charge in [0.2, 0.25) is 5.91 Å². The third-order valence-corrected chi connectivity index (χ3v) is 4.89. The molecule has 0 saturated heterocycles. The van der Waals surface area contributed by atoms with Crippen molar-refractivity contribution in [2.24, 2.45) is 10.9 Å². The van der Waals surface area contributed by atoms with Crippen LogP contribution in [0.25, 0.3) is 0 Å². The molecule has 7 nitrogen and oxygen atoms in total. The predicted octanol–water partition coefficient (Wildman–Crippen LogP) is 3.54. The molecule has 7 heteroatoms. The van der Waals surface area contributed by atoms with Crippen molar-refractivity contribution in [3.05, 3.63) is 53.5 Å². The Morgan fingerprint density at radius 2 is 2.00 bits per heavy atom. The number of aliphatic hydroxyl groups is 1. The number of nitrogens with zero attached hydrogens (tertiary/aromatic N) is 1. The van der Waals surface area contributed by atoms with Crippen LogP contribution in [0.3, 0.4) is 0 Å². The van der Waals surface area contributed by atoms with Gasteiger partial charge in [0.1, 0.15) is 17.1 Å². The summed E-state index contributed by atoms with van der Waals surface area (Å²) in [6.45, 7) is 10.8. The Labute approximate surface area is 179 Å². The first-order valence-corrected chi connectivity index (χ1v) is 10.5. The molecule has 4 N–H and O–H groups in total. The lowest BCUT2D eigenvalue weighted by Crippen LogP contribution is -2.44. The van der Waals surface area contributed by atoms with E-state index in [-0.39, 0.29) is 18.4 Å². The van der Waals surface area contributed by atoms with Crippen molar-refractivity contribution in [2.45, 2.75) is 53.2 Å². The molecule has 1 aromatic heterocycles. The zero-order valence-electron chi connectivity index (χ0n) is 18.6. The number of aliphatic imine (C=N–C) groups is 1. The van der Waals surface area contributed by atoms with Gasteiger partial charge in [0, 0.05) is 18.2 Å². The maximum atomic E-state index is 12.1. The standard InChI is InChI=1S/C23H34N4O3/c1-6-16(3)21(28)27-19-10-8-9-18(13-19)14-25-22(24-7-2)26-15-23(5,29)20-12-11-17(4)30-20/h8-13,16,29H,6-7,14-15H2,1-5H3,(H,27,28)(H2,24,25,26). The minimum Gasteiger partial charge on any atom is -0.463 e. The van der Waals surface area contributed by atoms with Crippen LogP contribution in [0.5, 0.6) is 0 Å². The third-order valence-electron chi connectivity index (χ3n) is 4.89. The number of carbonyl (C=O) groups excluding carboxylic acids is 1. The van der Waals surface area contributed by atoms with Crippen LogP contribution in [0, 0.1) is 12.8 Å². The molecule has 164 valence electrons. The van der Waals surface area contributed by atoms with E-state index in [2.05, 4.69) is 20.9 Å². The number of amides is 1. The Morgan fingerprint density at radius 3 is 2.63 bits per heavy atom. The molecule has 0 bridgehead atoms. The number of rotatable bonds is 9. The van der Waals surface area contributed by atoms with Gasteiger partial charge in [0.15, 0.2) is 5.96 Å². The molecule has 0 saturated carbocycles. The van der Waals surface area contributed by atoms with Gasteiger partial charge in [-0.25, -0.2) is 4.99 Å². The second-order valence-electron chi connectivity index (χ2n) is 7.73. The average molecular weight is 415 g/mol. The summed E-state index contributed by atoms with van der Waals surface area (Å²) < 4.78 is 5.55. The van der Waals surface area contributed by atoms with Gasteiger partial charge in [-0.3, -0.25) is 4.79 Å². The van der Waals surface area contributed by atoms with Crippen molar-refractivity contribution < 1.29 is 14.3 Å². The Kier molecular flexibility index (Phi) is 8.47. The SMILES string of the molecule is CCNC(=NCc1cccc(NC(=O)C(C)CC)c1)NCC(C)(O)c1ccc(C)o1. The molecule has 0 aliphatic heterocycles. The number of nitrogens with one attached hydrogen (secondary N) is 3. The number of carbonyl (C=O) groups is 1. The van der Waals surface area contributed by atoms with Crippen LogP contribution in [0.15, 0.2) is 45.8 Å². The summed E-state index contributed by atoms with van der Waals surface area (Å²) in [5, 5.41) is 20.0. The number of hydrogen-bond acceptors (Lipinski definition) is 4. The summed E-state index contributed by atoms with van der Waals surface area (Å²) in [4.78, 5) is 16.7. The highest BCUT2D eigenvalue weighted by molar-refractivity contribution is 5.92. The molecule has 2 atom stereocenters. The van der Waals surface area contributed by atoms with E-state index in [9.17, 15) is 9.90 Å². The molecule has 0 fully saturated rings. The van der Waals surface area contributed by atoms with Gasteiger partial charge in [0.25, 0.3) is 0 Å². The van der Waals surface area contributed by atoms with Crippen molar-refractivity contribution in [2.75, 3.05) is 18.4 Å². The maximum Gasteiger partial charge on any atom is 0.227 e. The summed E-state index contributed by atoms with van der Waals surface area (Å²) >= 11 is 0. The van der Waals surface area contributed by atoms with Crippen molar-refractivity contribution in [1.29, 1.82) is 0 Å². The second-order valence-corrected chi connectivity index (χ2v) is 7.73. The van der Waals surface area contributed by atoms with Crippen LogP contribution in [0.4, 0.5) is 5.69 Å². The quantitative estimate of drug-likeness (QED) is 0.372. The van der Waals surface area contributed by atoms with E-state index in [0.717, 1.165) is 23.4 Å². The fourth-order valence-corrected chi connectivity index (χ4v) is 2.78. The van der Waals surface area contributed by atoms with E-state index in [1.807, 2.05) is 58.0 Å². The highest BCUT2D eigenvalue weighted by Gasteiger charge is 2.27. The third kappa shape index (κ3) is 6.91. The van der Waals surface area contributed by atoms with Crippen molar-refractivity contribution in [1.82, 2.24) is 10.6 Å². The minimum absolute atomic E-state index is 0.0172. The monoisotopic (exact) mass is 414 g/mol. The Bertz CT molecular complexity index is 858. The maximum absolute atomic E-state index is 12.1. The molecule has 0 aliphatic rings. The van der Waals surface area contributed by atoms with Crippen molar-refractivity contribution in [3.63, 3.8) is 0 Å². The van der Waals surface area contributed by atoms with E-state index in [1.165, 1.54) is 0 Å². The van der Waals surface area contributed by atoms with Gasteiger partial charge in [-0.2, -0.15) is 0 Å². The van der Waals surface area contributed by atoms with E-state index in [4.69, 9.17) is 4.42 Å². The summed E-state index contributed by atoms with van der Waals surface area (Å²) in [6, 6.07) is 11.3. The molecule has 30 heavy (non-hydrogen) atoms. The Hall–Kier alpha value is -2.80. The van der Waals surface area contributed by atoms with Gasteiger partial charge in [-0.15, -0.1) is 0 Å². The molecule has 0 spiro atoms. The molecule has 1 amide bonds. The van der Waals surface area contributed by atoms with E-state index < -0.39 is 5.60 Å². The smallest absolute Gasteiger partial charge is 0.227 e. The minimum atomic E-state index is -1.16. The Balaban J connectivity index is 2.02. The lowest BCUT2D eigenvalue weighted by Gasteiger charge is -2.22. The number of hydrogen-bond donors (Lipinski definition) is 4. The van der Waals surface area contributed by atoms with Gasteiger partial charge in [0.05, 0.1) is 13.1 Å². The largest absolute Gasteiger partial charge is 0.463 e. The highest BCUT2D eigenvalue weighted by atomic mass is 16.4. The number of aryl methyl sites for hydroxylation is 1. The summed E-state index contributed by atoms with van der Waals surface area (Å²) in [6.07, 6.45) is 0.800. The van der Waals surface area contributed by atoms with Crippen LogP contribution in [-0.2, 0) is 16.9 Å². The number of anilines is 1. The van der Waals surface area contributed by atoms with Gasteiger partial charge < -0.3 is 25.5 Å². The zero-order valence-corrected chi connectivity index (χ0v) is 18.6. The molecule has 1 heterocycles. The van der Waals surface area contributed by atoms with E-state index in [0.29, 0.717) is 24.8 Å².